The van der Waals surface area contributed by atoms with Crippen LogP contribution in [0, 0.1) is 0 Å². The highest BCUT2D eigenvalue weighted by atomic mass is 16.2. The Bertz CT molecular complexity index is 1840. The van der Waals surface area contributed by atoms with E-state index in [9.17, 15) is 9.59 Å². The monoisotopic (exact) mass is 1020 g/mol. The molecular weight excluding hydrogens is 981 g/mol. The Balaban J connectivity index is -0.00000123. The van der Waals surface area contributed by atoms with Crippen LogP contribution in [0.3, 0.4) is 0 Å². The van der Waals surface area contributed by atoms with E-state index in [0.29, 0.717) is 11.4 Å². The first kappa shape index (κ1) is 93.5. The molecule has 0 unspecified atom stereocenters. The van der Waals surface area contributed by atoms with Crippen LogP contribution < -0.4 is 16.4 Å². The van der Waals surface area contributed by atoms with Crippen LogP contribution in [0.25, 0.3) is 0 Å². The summed E-state index contributed by atoms with van der Waals surface area (Å²) in [6.45, 7) is 4.62. The highest BCUT2D eigenvalue weighted by molar-refractivity contribution is 8.31. The summed E-state index contributed by atoms with van der Waals surface area (Å²) in [6, 6.07) is 7.14. The number of nitrogens with one attached hydrogen (secondary N) is 2. The predicted octanol–water partition coefficient (Wildman–Crippen LogP) is -24.6. The van der Waals surface area contributed by atoms with Crippen molar-refractivity contribution in [3.63, 3.8) is 0 Å². The number of rotatable bonds is 34. The zero-order valence-corrected chi connectivity index (χ0v) is 51.2. The van der Waals surface area contributed by atoms with Crippen molar-refractivity contribution in [2.45, 2.75) is 13.8 Å². The van der Waals surface area contributed by atoms with E-state index in [2.05, 4.69) is 10.6 Å². The summed E-state index contributed by atoms with van der Waals surface area (Å²) in [5.74, 6) is -0.0697. The van der Waals surface area contributed by atoms with Crippen molar-refractivity contribution >= 4 is 499 Å². The SMILES string of the molecule is CC(=O)NCCN(C)C.CC(=O)Nc1ccccc1N.[B]B([B])B(B([B])[B])B(B([B])[B])B(B(B([B])[B])B([B])[B])B(B(B([B])[B])B([B])[B])B(B([B])[B])B([B])[B].[B][B]B(B([B])[B])B(B([B])[B])B(B(B([B])[B])B([B])[B])B(B(B([B])[B])B([B])[B])B(B([B])[B])B([B])[B]. The third-order valence-corrected chi connectivity index (χ3v) is 15.3. The van der Waals surface area contributed by atoms with E-state index in [4.69, 9.17) is 277 Å². The molecule has 0 saturated carbocycles. The topological polar surface area (TPSA) is 87.5 Å². The minimum atomic E-state index is -1.16. The summed E-state index contributed by atoms with van der Waals surface area (Å²) in [4.78, 5) is 22.9. The highest BCUT2D eigenvalue weighted by Gasteiger charge is 2.56. The zero-order valence-electron chi connectivity index (χ0n) is 51.2. The predicted molar refractivity (Wildman–Crippen MR) is 468 cm³/mol. The van der Waals surface area contributed by atoms with Crippen molar-refractivity contribution < 1.29 is 9.59 Å². The Morgan fingerprint density at radius 1 is 0.368 bits per heavy atom. The molecule has 6 nitrogen and oxygen atoms in total. The normalized spacial score (nSPS) is 9.48. The molecule has 1 aromatic carbocycles. The summed E-state index contributed by atoms with van der Waals surface area (Å²) in [5.41, 5.74) is 6.81. The van der Waals surface area contributed by atoms with Crippen LogP contribution in [0.1, 0.15) is 13.8 Å². The van der Waals surface area contributed by atoms with Gasteiger partial charge in [-0.2, -0.15) is 0 Å². The quantitative estimate of drug-likeness (QED) is 0.0474. The molecule has 1 rings (SSSR count). The van der Waals surface area contributed by atoms with Crippen LogP contribution >= 0.6 is 0 Å². The van der Waals surface area contributed by atoms with E-state index in [0.717, 1.165) is 13.1 Å². The van der Waals surface area contributed by atoms with Crippen LogP contribution in [-0.2, 0) is 9.59 Å². The maximum Gasteiger partial charge on any atom is 0.221 e. The molecule has 0 aromatic heterocycles. The summed E-state index contributed by atoms with van der Waals surface area (Å²) < 4.78 is 0. The Morgan fingerprint density at radius 3 is 0.793 bits per heavy atom. The Morgan fingerprint density at radius 2 is 0.598 bits per heavy atom. The van der Waals surface area contributed by atoms with Gasteiger partial charge in [0.2, 0.25) is 11.8 Å². The molecule has 0 saturated heterocycles. The molecule has 0 aliphatic heterocycles. The zero-order chi connectivity index (χ0) is 69.1. The molecule has 2 amide bonds. The number of carbonyl (C=O) groups is 2. The van der Waals surface area contributed by atoms with Gasteiger partial charge in [0, 0.05) is 503 Å². The first-order chi connectivity index (χ1) is 39.7. The van der Waals surface area contributed by atoms with Gasteiger partial charge in [-0.15, -0.1) is 0 Å². The van der Waals surface area contributed by atoms with Gasteiger partial charge in [-0.3, -0.25) is 9.59 Å². The van der Waals surface area contributed by atoms with E-state index in [1.54, 1.807) is 12.1 Å². The first-order valence-corrected chi connectivity index (χ1v) is 28.0. The lowest BCUT2D eigenvalue weighted by atomic mass is 8.29. The largest absolute Gasteiger partial charge is 0.397 e. The Hall–Kier alpha value is 2.27. The fraction of sp³-hybridized carbons (Fsp3) is 0.429. The van der Waals surface area contributed by atoms with Crippen molar-refractivity contribution in [3.8, 4) is 0 Å². The number of benzene rings is 1. The molecule has 0 atom stereocenters. The van der Waals surface area contributed by atoms with Crippen molar-refractivity contribution in [2.75, 3.05) is 38.2 Å². The molecule has 87 heavy (non-hydrogen) atoms. The summed E-state index contributed by atoms with van der Waals surface area (Å²) in [6.07, 6.45) is -31.5. The van der Waals surface area contributed by atoms with E-state index in [1.165, 1.54) is 20.9 Å². The van der Waals surface area contributed by atoms with Gasteiger partial charge >= 0.3 is 0 Å². The molecule has 0 aliphatic rings. The molecule has 0 spiro atoms. The first-order valence-electron chi connectivity index (χ1n) is 28.0. The number of hydrogen-bond acceptors (Lipinski definition) is 4. The number of nitrogens with two attached hydrogens (primary N) is 1. The minimum absolute atomic E-state index is 0.0388. The van der Waals surface area contributed by atoms with Gasteiger partial charge in [0.25, 0.3) is 0 Å². The molecule has 0 heterocycles. The van der Waals surface area contributed by atoms with E-state index in [-0.39, 0.29) is 11.8 Å². The van der Waals surface area contributed by atoms with Crippen molar-refractivity contribution in [2.24, 2.45) is 0 Å². The van der Waals surface area contributed by atoms with Gasteiger partial charge in [0.1, 0.15) is 0 Å². The Labute approximate surface area is 590 Å². The number of likely N-dealkylation sites (N-methyl/N-ethyl adjacent to an activating group) is 1. The highest BCUT2D eigenvalue weighted by Crippen LogP contribution is 2.19. The average molecular weight is 1000 g/mol. The van der Waals surface area contributed by atoms with Gasteiger partial charge < -0.3 is 21.3 Å². The lowest BCUT2D eigenvalue weighted by molar-refractivity contribution is -0.119. The number of anilines is 2. The lowest BCUT2D eigenvalue weighted by Crippen LogP contribution is -2.90. The van der Waals surface area contributed by atoms with Crippen molar-refractivity contribution in [1.82, 2.24) is 10.2 Å². The molecule has 73 heteroatoms. The molecule has 1 aromatic rings. The summed E-state index contributed by atoms with van der Waals surface area (Å²) in [5, 5.41) is 5.31. The molecule has 0 fully saturated rings. The van der Waals surface area contributed by atoms with Crippen molar-refractivity contribution in [3.05, 3.63) is 24.3 Å². The molecule has 0 bridgehead atoms. The van der Waals surface area contributed by atoms with E-state index >= 15 is 0 Å². The third-order valence-electron chi connectivity index (χ3n) is 15.3. The Kier molecular flexibility index (Phi) is 50.8. The molecule has 71 radical (unpaired) electrons. The summed E-state index contributed by atoms with van der Waals surface area (Å²) >= 11 is 0. The van der Waals surface area contributed by atoms with Crippen LogP contribution in [0.5, 0.6) is 0 Å². The van der Waals surface area contributed by atoms with Crippen LogP contribution in [0.2, 0.25) is 0 Å². The number of hydrogen-bond donors (Lipinski definition) is 3. The fourth-order valence-corrected chi connectivity index (χ4v) is 11.8. The van der Waals surface area contributed by atoms with Gasteiger partial charge in [0.05, 0.1) is 11.4 Å². The second kappa shape index (κ2) is 47.3. The van der Waals surface area contributed by atoms with Crippen LogP contribution in [0.4, 0.5) is 11.4 Å². The van der Waals surface area contributed by atoms with Gasteiger partial charge in [-0.1, -0.05) is 12.1 Å². The third kappa shape index (κ3) is 32.9. The maximum atomic E-state index is 10.6. The lowest BCUT2D eigenvalue weighted by Gasteiger charge is -2.52. The van der Waals surface area contributed by atoms with Crippen molar-refractivity contribution in [1.29, 1.82) is 0 Å². The molecule has 313 valence electrons. The van der Waals surface area contributed by atoms with Crippen LogP contribution in [-0.4, -0.2) is 520 Å². The van der Waals surface area contributed by atoms with Gasteiger partial charge in [-0.05, 0) is 26.2 Å². The fourth-order valence-electron chi connectivity index (χ4n) is 11.8. The second-order valence-corrected chi connectivity index (χ2v) is 22.6. The van der Waals surface area contributed by atoms with Gasteiger partial charge in [0.15, 0.2) is 0 Å². The molecule has 4 N–H and O–H groups in total. The maximum absolute atomic E-state index is 10.6. The average Bonchev–Trinajstić information content (AvgIpc) is 3.32. The number of para-hydroxylation sites is 2. The minimum Gasteiger partial charge on any atom is -0.397 e. The van der Waals surface area contributed by atoms with E-state index < -0.39 is 198 Å². The van der Waals surface area contributed by atoms with E-state index in [1.807, 2.05) is 31.1 Å². The van der Waals surface area contributed by atoms with Gasteiger partial charge in [-0.25, -0.2) is 0 Å². The molecular formula is C14H24B67N4O2. The van der Waals surface area contributed by atoms with Crippen LogP contribution in [0.15, 0.2) is 24.3 Å². The number of carbonyl (C=O) groups excluding carboxylic acids is 2. The standard InChI is InChI=1S/C8H10N2O.C6H14N2O.B34.B33/c1-6(11)10-8-5-3-2-4-7(8)9;1-6(9)7-4-5-8(2)3;1-19(2)28(20(3)4)32(27(17)18)34(31(25(13)14)26(15)16)33(29(21(5)6)22(7)8)30(23(9)10)24(11)12;1-18-27(19(2)3)31(26(16)17)33(30(24(12)13)25(14)15)32(28(20(4)5)21(6)7)29(22(8)9)23(10)11/h2-5H,9H2,1H3,(H,10,11);4-5H2,1-3H3,(H,7,9);;. The second-order valence-electron chi connectivity index (χ2n) is 22.6. The number of nitrogens with zero attached hydrogens (tertiary/aromatic N) is 1. The number of amides is 2. The smallest absolute Gasteiger partial charge is 0.221 e. The number of nitrogen functional groups attached to an aromatic ring is 1. The summed E-state index contributed by atoms with van der Waals surface area (Å²) in [7, 11) is 219. The molecule has 0 aliphatic carbocycles.